The van der Waals surface area contributed by atoms with Gasteiger partial charge in [0.2, 0.25) is 0 Å². The van der Waals surface area contributed by atoms with Crippen LogP contribution in [0.3, 0.4) is 0 Å². The van der Waals surface area contributed by atoms with Gasteiger partial charge in [-0.15, -0.1) is 0 Å². The van der Waals surface area contributed by atoms with Crippen molar-refractivity contribution in [2.24, 2.45) is 0 Å². The third-order valence-corrected chi connectivity index (χ3v) is 5.88. The fourth-order valence-corrected chi connectivity index (χ4v) is 3.99. The van der Waals surface area contributed by atoms with Gasteiger partial charge < -0.3 is 10.2 Å². The lowest BCUT2D eigenvalue weighted by atomic mass is 10.1. The van der Waals surface area contributed by atoms with Crippen molar-refractivity contribution in [1.82, 2.24) is 15.3 Å². The molecule has 0 fully saturated rings. The van der Waals surface area contributed by atoms with E-state index >= 15 is 0 Å². The van der Waals surface area contributed by atoms with E-state index in [-0.39, 0.29) is 11.9 Å². The molecule has 32 heavy (non-hydrogen) atoms. The molecule has 3 aromatic rings. The van der Waals surface area contributed by atoms with Crippen LogP contribution in [-0.4, -0.2) is 29.0 Å². The first-order valence-corrected chi connectivity index (χ1v) is 12.0. The maximum Gasteiger partial charge on any atom is 0.251 e. The third-order valence-electron chi connectivity index (χ3n) is 4.96. The van der Waals surface area contributed by atoms with Crippen molar-refractivity contribution in [1.29, 1.82) is 0 Å². The van der Waals surface area contributed by atoms with Gasteiger partial charge in [0.25, 0.3) is 5.91 Å². The molecular weight excluding hydrogens is 416 g/mol. The van der Waals surface area contributed by atoms with Crippen LogP contribution in [-0.2, 0) is 12.3 Å². The molecule has 0 aliphatic rings. The molecule has 3 rings (SSSR count). The van der Waals surface area contributed by atoms with Crippen molar-refractivity contribution in [2.75, 3.05) is 11.9 Å². The van der Waals surface area contributed by atoms with Gasteiger partial charge in [0, 0.05) is 42.7 Å². The van der Waals surface area contributed by atoms with E-state index in [1.165, 1.54) is 5.56 Å². The predicted octanol–water partition coefficient (Wildman–Crippen LogP) is 5.67. The number of nitrogens with one attached hydrogen (secondary N) is 1. The summed E-state index contributed by atoms with van der Waals surface area (Å²) in [5, 5.41) is 3.69. The molecule has 0 aliphatic heterocycles. The fourth-order valence-electron chi connectivity index (χ4n) is 3.17. The van der Waals surface area contributed by atoms with E-state index in [1.54, 1.807) is 11.8 Å². The summed E-state index contributed by atoms with van der Waals surface area (Å²) < 4.78 is 0. The van der Waals surface area contributed by atoms with Crippen LogP contribution in [0.1, 0.15) is 60.8 Å². The third kappa shape index (κ3) is 6.82. The van der Waals surface area contributed by atoms with Gasteiger partial charge in [0.05, 0.1) is 0 Å². The number of thioether (sulfide) groups is 1. The first kappa shape index (κ1) is 23.8. The minimum absolute atomic E-state index is 0.0433. The van der Waals surface area contributed by atoms with E-state index < -0.39 is 0 Å². The summed E-state index contributed by atoms with van der Waals surface area (Å²) >= 11 is 1.62. The Hall–Kier alpha value is -2.86. The number of hydrogen-bond acceptors (Lipinski definition) is 5. The highest BCUT2D eigenvalue weighted by Gasteiger charge is 2.13. The number of carbonyl (C=O) groups is 1. The molecule has 0 saturated heterocycles. The van der Waals surface area contributed by atoms with Crippen LogP contribution in [0.5, 0.6) is 0 Å². The number of carbonyl (C=O) groups excluding carboxylic acids is 1. The second-order valence-electron chi connectivity index (χ2n) is 8.54. The largest absolute Gasteiger partial charge is 0.355 e. The van der Waals surface area contributed by atoms with Crippen molar-refractivity contribution in [2.45, 2.75) is 57.1 Å². The Morgan fingerprint density at radius 3 is 2.28 bits per heavy atom. The lowest BCUT2D eigenvalue weighted by Gasteiger charge is -2.20. The first-order chi connectivity index (χ1) is 15.3. The van der Waals surface area contributed by atoms with Crippen LogP contribution in [0.15, 0.2) is 65.8 Å². The SMILES string of the molecule is CC(C)NC(=O)c1ccc(CSc2nc(C(C)C)cc(N(C)Cc3ccccc3)n2)cc1. The van der Waals surface area contributed by atoms with Crippen LogP contribution < -0.4 is 10.2 Å². The van der Waals surface area contributed by atoms with Crippen molar-refractivity contribution >= 4 is 23.5 Å². The van der Waals surface area contributed by atoms with E-state index in [2.05, 4.69) is 61.4 Å². The van der Waals surface area contributed by atoms with Crippen LogP contribution in [0.25, 0.3) is 0 Å². The standard InChI is InChI=1S/C26H32N4OS/c1-18(2)23-15-24(30(5)16-20-9-7-6-8-10-20)29-26(28-23)32-17-21-11-13-22(14-12-21)25(31)27-19(3)4/h6-15,18-19H,16-17H2,1-5H3,(H,27,31). The van der Waals surface area contributed by atoms with Crippen molar-refractivity contribution in [3.8, 4) is 0 Å². The summed E-state index contributed by atoms with van der Waals surface area (Å²) in [6.45, 7) is 9.01. The van der Waals surface area contributed by atoms with Crippen molar-refractivity contribution in [3.05, 3.63) is 83.0 Å². The van der Waals surface area contributed by atoms with E-state index in [4.69, 9.17) is 9.97 Å². The number of rotatable bonds is 9. The molecule has 0 spiro atoms. The second kappa shape index (κ2) is 11.1. The average Bonchev–Trinajstić information content (AvgIpc) is 2.78. The van der Waals surface area contributed by atoms with Crippen LogP contribution in [0.4, 0.5) is 5.82 Å². The number of anilines is 1. The monoisotopic (exact) mass is 448 g/mol. The van der Waals surface area contributed by atoms with E-state index in [0.29, 0.717) is 11.5 Å². The van der Waals surface area contributed by atoms with Gasteiger partial charge in [-0.05, 0) is 43.0 Å². The molecule has 2 aromatic carbocycles. The molecule has 1 aromatic heterocycles. The molecule has 6 heteroatoms. The Bertz CT molecular complexity index is 1020. The summed E-state index contributed by atoms with van der Waals surface area (Å²) in [6, 6.07) is 20.3. The topological polar surface area (TPSA) is 58.1 Å². The first-order valence-electron chi connectivity index (χ1n) is 11.0. The van der Waals surface area contributed by atoms with Crippen LogP contribution in [0, 0.1) is 0 Å². The highest BCUT2D eigenvalue weighted by Crippen LogP contribution is 2.26. The average molecular weight is 449 g/mol. The number of amides is 1. The van der Waals surface area contributed by atoms with Crippen LogP contribution >= 0.6 is 11.8 Å². The van der Waals surface area contributed by atoms with Crippen molar-refractivity contribution < 1.29 is 4.79 Å². The quantitative estimate of drug-likeness (QED) is 0.338. The van der Waals surface area contributed by atoms with Gasteiger partial charge in [-0.25, -0.2) is 9.97 Å². The number of aromatic nitrogens is 2. The predicted molar refractivity (Wildman–Crippen MR) is 133 cm³/mol. The van der Waals surface area contributed by atoms with Gasteiger partial charge in [0.15, 0.2) is 5.16 Å². The number of hydrogen-bond donors (Lipinski definition) is 1. The maximum atomic E-state index is 12.1. The van der Waals surface area contributed by atoms with E-state index in [9.17, 15) is 4.79 Å². The fraction of sp³-hybridized carbons (Fsp3) is 0.346. The summed E-state index contributed by atoms with van der Waals surface area (Å²) in [6.07, 6.45) is 0. The van der Waals surface area contributed by atoms with Crippen molar-refractivity contribution in [3.63, 3.8) is 0 Å². The Kier molecular flexibility index (Phi) is 8.28. The lowest BCUT2D eigenvalue weighted by Crippen LogP contribution is -2.29. The highest BCUT2D eigenvalue weighted by molar-refractivity contribution is 7.98. The maximum absolute atomic E-state index is 12.1. The summed E-state index contributed by atoms with van der Waals surface area (Å²) in [5.74, 6) is 1.95. The number of benzene rings is 2. The highest BCUT2D eigenvalue weighted by atomic mass is 32.2. The van der Waals surface area contributed by atoms with Gasteiger partial charge in [0.1, 0.15) is 5.82 Å². The van der Waals surface area contributed by atoms with Gasteiger partial charge in [-0.1, -0.05) is 68.1 Å². The van der Waals surface area contributed by atoms with E-state index in [1.807, 2.05) is 44.2 Å². The Morgan fingerprint density at radius 1 is 0.969 bits per heavy atom. The molecule has 0 unspecified atom stereocenters. The molecule has 0 saturated carbocycles. The molecule has 0 radical (unpaired) electrons. The molecule has 1 amide bonds. The van der Waals surface area contributed by atoms with E-state index in [0.717, 1.165) is 34.5 Å². The minimum atomic E-state index is -0.0433. The molecule has 0 aliphatic carbocycles. The smallest absolute Gasteiger partial charge is 0.251 e. The normalized spacial score (nSPS) is 11.1. The summed E-state index contributed by atoms with van der Waals surface area (Å²) in [7, 11) is 2.06. The Balaban J connectivity index is 1.71. The zero-order valence-corrected chi connectivity index (χ0v) is 20.3. The van der Waals surface area contributed by atoms with Gasteiger partial charge in [-0.3, -0.25) is 4.79 Å². The molecule has 0 atom stereocenters. The number of nitrogens with zero attached hydrogens (tertiary/aromatic N) is 3. The zero-order chi connectivity index (χ0) is 23.1. The lowest BCUT2D eigenvalue weighted by molar-refractivity contribution is 0.0943. The van der Waals surface area contributed by atoms with Crippen LogP contribution in [0.2, 0.25) is 0 Å². The summed E-state index contributed by atoms with van der Waals surface area (Å²) in [5.41, 5.74) is 4.10. The minimum Gasteiger partial charge on any atom is -0.355 e. The molecule has 168 valence electrons. The molecule has 0 bridgehead atoms. The van der Waals surface area contributed by atoms with Gasteiger partial charge >= 0.3 is 0 Å². The second-order valence-corrected chi connectivity index (χ2v) is 9.49. The Labute approximate surface area is 195 Å². The molecule has 5 nitrogen and oxygen atoms in total. The molecular formula is C26H32N4OS. The molecule has 1 heterocycles. The summed E-state index contributed by atoms with van der Waals surface area (Å²) in [4.78, 5) is 23.9. The van der Waals surface area contributed by atoms with Gasteiger partial charge in [-0.2, -0.15) is 0 Å². The zero-order valence-electron chi connectivity index (χ0n) is 19.5. The molecule has 1 N–H and O–H groups in total. The Morgan fingerprint density at radius 2 is 1.66 bits per heavy atom.